The van der Waals surface area contributed by atoms with Crippen molar-refractivity contribution >= 4 is 0 Å². The first kappa shape index (κ1) is 10.5. The molecule has 82 valence electrons. The Bertz CT molecular complexity index is 377. The van der Waals surface area contributed by atoms with Crippen LogP contribution in [-0.4, -0.2) is 6.10 Å². The van der Waals surface area contributed by atoms with Crippen molar-refractivity contribution in [3.8, 4) is 5.75 Å². The highest BCUT2D eigenvalue weighted by atomic mass is 16.5. The molecule has 0 aromatic heterocycles. The van der Waals surface area contributed by atoms with Crippen molar-refractivity contribution in [2.75, 3.05) is 0 Å². The van der Waals surface area contributed by atoms with Gasteiger partial charge in [-0.05, 0) is 24.5 Å². The Kier molecular flexibility index (Phi) is 2.29. The maximum absolute atomic E-state index is 6.06. The van der Waals surface area contributed by atoms with Crippen LogP contribution < -0.4 is 4.74 Å². The van der Waals surface area contributed by atoms with Gasteiger partial charge in [-0.15, -0.1) is 0 Å². The summed E-state index contributed by atoms with van der Waals surface area (Å²) < 4.78 is 6.06. The van der Waals surface area contributed by atoms with Crippen LogP contribution in [0, 0.1) is 12.8 Å². The van der Waals surface area contributed by atoms with Crippen molar-refractivity contribution in [3.05, 3.63) is 29.3 Å². The molecule has 1 heterocycles. The van der Waals surface area contributed by atoms with Crippen molar-refractivity contribution < 1.29 is 4.74 Å². The molecule has 0 fully saturated rings. The molecular formula is C14H20O. The van der Waals surface area contributed by atoms with E-state index in [1.54, 1.807) is 0 Å². The predicted octanol–water partition coefficient (Wildman–Crippen LogP) is 3.69. The lowest BCUT2D eigenvalue weighted by Crippen LogP contribution is -2.36. The molecule has 1 aromatic rings. The molecule has 1 atom stereocenters. The first-order chi connectivity index (χ1) is 6.93. The highest BCUT2D eigenvalue weighted by molar-refractivity contribution is 5.46. The van der Waals surface area contributed by atoms with Crippen molar-refractivity contribution in [2.45, 2.75) is 46.1 Å². The number of benzene rings is 1. The van der Waals surface area contributed by atoms with Gasteiger partial charge in [0.05, 0.1) is 0 Å². The molecule has 0 N–H and O–H groups in total. The van der Waals surface area contributed by atoms with Crippen LogP contribution >= 0.6 is 0 Å². The zero-order valence-corrected chi connectivity index (χ0v) is 10.3. The zero-order valence-electron chi connectivity index (χ0n) is 10.3. The topological polar surface area (TPSA) is 9.23 Å². The molecule has 1 aliphatic rings. The Hall–Kier alpha value is -0.980. The third kappa shape index (κ3) is 1.54. The summed E-state index contributed by atoms with van der Waals surface area (Å²) in [6.07, 6.45) is 0.300. The van der Waals surface area contributed by atoms with Gasteiger partial charge in [-0.25, -0.2) is 0 Å². The van der Waals surface area contributed by atoms with Gasteiger partial charge in [0.1, 0.15) is 11.9 Å². The summed E-state index contributed by atoms with van der Waals surface area (Å²) in [5.74, 6) is 1.63. The molecule has 15 heavy (non-hydrogen) atoms. The molecule has 1 unspecified atom stereocenters. The molecule has 1 heteroatoms. The van der Waals surface area contributed by atoms with Gasteiger partial charge >= 0.3 is 0 Å². The molecule has 0 saturated carbocycles. The first-order valence-electron chi connectivity index (χ1n) is 5.70. The first-order valence-corrected chi connectivity index (χ1v) is 5.70. The summed E-state index contributed by atoms with van der Waals surface area (Å²) >= 11 is 0. The van der Waals surface area contributed by atoms with E-state index in [2.05, 4.69) is 52.8 Å². The lowest BCUT2D eigenvalue weighted by Gasteiger charge is -2.28. The Morgan fingerprint density at radius 2 is 1.93 bits per heavy atom. The Balaban J connectivity index is 2.47. The minimum Gasteiger partial charge on any atom is -0.489 e. The number of hydrogen-bond acceptors (Lipinski definition) is 1. The number of rotatable bonds is 1. The van der Waals surface area contributed by atoms with Gasteiger partial charge in [0.15, 0.2) is 0 Å². The summed E-state index contributed by atoms with van der Waals surface area (Å²) in [6, 6.07) is 6.54. The fraction of sp³-hybridized carbons (Fsp3) is 0.571. The maximum atomic E-state index is 6.06. The van der Waals surface area contributed by atoms with Crippen LogP contribution in [0.25, 0.3) is 0 Å². The monoisotopic (exact) mass is 204 g/mol. The van der Waals surface area contributed by atoms with Gasteiger partial charge in [-0.1, -0.05) is 39.8 Å². The summed E-state index contributed by atoms with van der Waals surface area (Å²) in [7, 11) is 0. The van der Waals surface area contributed by atoms with E-state index in [-0.39, 0.29) is 5.41 Å². The molecule has 1 nitrogen and oxygen atoms in total. The second-order valence-electron chi connectivity index (χ2n) is 5.50. The predicted molar refractivity (Wildman–Crippen MR) is 63.5 cm³/mol. The average Bonchev–Trinajstić information content (AvgIpc) is 2.37. The fourth-order valence-electron chi connectivity index (χ4n) is 2.67. The van der Waals surface area contributed by atoms with Gasteiger partial charge in [0.25, 0.3) is 0 Å². The van der Waals surface area contributed by atoms with E-state index in [1.165, 1.54) is 11.1 Å². The highest BCUT2D eigenvalue weighted by Gasteiger charge is 2.42. The molecule has 0 spiro atoms. The number of fused-ring (bicyclic) bond motifs is 1. The van der Waals surface area contributed by atoms with E-state index in [9.17, 15) is 0 Å². The molecule has 0 aliphatic carbocycles. The zero-order chi connectivity index (χ0) is 11.2. The summed E-state index contributed by atoms with van der Waals surface area (Å²) in [6.45, 7) is 11.1. The minimum absolute atomic E-state index is 0.136. The van der Waals surface area contributed by atoms with Crippen LogP contribution in [0.4, 0.5) is 0 Å². The third-order valence-corrected chi connectivity index (χ3v) is 3.40. The Morgan fingerprint density at radius 1 is 1.27 bits per heavy atom. The van der Waals surface area contributed by atoms with Crippen molar-refractivity contribution in [1.82, 2.24) is 0 Å². The van der Waals surface area contributed by atoms with Gasteiger partial charge in [0, 0.05) is 11.0 Å². The van der Waals surface area contributed by atoms with Crippen molar-refractivity contribution in [2.24, 2.45) is 5.92 Å². The van der Waals surface area contributed by atoms with E-state index in [4.69, 9.17) is 4.74 Å². The quantitative estimate of drug-likeness (QED) is 0.678. The van der Waals surface area contributed by atoms with E-state index >= 15 is 0 Å². The van der Waals surface area contributed by atoms with Crippen molar-refractivity contribution in [3.63, 3.8) is 0 Å². The molecular weight excluding hydrogens is 184 g/mol. The fourth-order valence-corrected chi connectivity index (χ4v) is 2.67. The van der Waals surface area contributed by atoms with Crippen molar-refractivity contribution in [1.29, 1.82) is 0 Å². The Labute approximate surface area is 92.5 Å². The second-order valence-corrected chi connectivity index (χ2v) is 5.50. The van der Waals surface area contributed by atoms with Gasteiger partial charge in [0.2, 0.25) is 0 Å². The van der Waals surface area contributed by atoms with Gasteiger partial charge in [-0.3, -0.25) is 0 Å². The van der Waals surface area contributed by atoms with Crippen LogP contribution in [0.2, 0.25) is 0 Å². The van der Waals surface area contributed by atoms with E-state index in [1.807, 2.05) is 0 Å². The number of hydrogen-bond donors (Lipinski definition) is 0. The molecule has 0 bridgehead atoms. The van der Waals surface area contributed by atoms with Gasteiger partial charge in [-0.2, -0.15) is 0 Å². The van der Waals surface area contributed by atoms with Crippen LogP contribution in [0.3, 0.4) is 0 Å². The number of ether oxygens (including phenoxy) is 1. The van der Waals surface area contributed by atoms with Crippen LogP contribution in [-0.2, 0) is 5.41 Å². The molecule has 1 aliphatic heterocycles. The third-order valence-electron chi connectivity index (χ3n) is 3.40. The van der Waals surface area contributed by atoms with Crippen LogP contribution in [0.1, 0.15) is 38.8 Å². The van der Waals surface area contributed by atoms with Crippen LogP contribution in [0.5, 0.6) is 5.75 Å². The lowest BCUT2D eigenvalue weighted by atomic mass is 9.77. The largest absolute Gasteiger partial charge is 0.489 e. The summed E-state index contributed by atoms with van der Waals surface area (Å²) in [4.78, 5) is 0. The molecule has 0 amide bonds. The van der Waals surface area contributed by atoms with E-state index in [0.29, 0.717) is 12.0 Å². The normalized spacial score (nSPS) is 22.7. The maximum Gasteiger partial charge on any atom is 0.123 e. The summed E-state index contributed by atoms with van der Waals surface area (Å²) in [5, 5.41) is 0. The molecule has 0 radical (unpaired) electrons. The molecule has 2 rings (SSSR count). The molecule has 0 saturated heterocycles. The minimum atomic E-state index is 0.136. The average molecular weight is 204 g/mol. The smallest absolute Gasteiger partial charge is 0.123 e. The molecule has 1 aromatic carbocycles. The Morgan fingerprint density at radius 3 is 2.53 bits per heavy atom. The van der Waals surface area contributed by atoms with E-state index in [0.717, 1.165) is 5.75 Å². The SMILES string of the molecule is Cc1ccc2c(c1)OC(C(C)C)C2(C)C. The summed E-state index contributed by atoms with van der Waals surface area (Å²) in [5.41, 5.74) is 2.76. The number of aryl methyl sites for hydroxylation is 1. The van der Waals surface area contributed by atoms with Crippen LogP contribution in [0.15, 0.2) is 18.2 Å². The van der Waals surface area contributed by atoms with E-state index < -0.39 is 0 Å². The lowest BCUT2D eigenvalue weighted by molar-refractivity contribution is 0.117. The second kappa shape index (κ2) is 3.26. The van der Waals surface area contributed by atoms with Gasteiger partial charge < -0.3 is 4.74 Å². The highest BCUT2D eigenvalue weighted by Crippen LogP contribution is 2.45. The standard InChI is InChI=1S/C14H20O/c1-9(2)13-14(4,5)11-7-6-10(3)8-12(11)15-13/h6-9,13H,1-5H3.